The van der Waals surface area contributed by atoms with E-state index >= 15 is 0 Å². The van der Waals surface area contributed by atoms with Crippen molar-refractivity contribution in [1.29, 1.82) is 0 Å². The van der Waals surface area contributed by atoms with E-state index in [0.717, 1.165) is 0 Å². The van der Waals surface area contributed by atoms with Crippen LogP contribution in [0.1, 0.15) is 29.6 Å². The molecule has 1 rings (SSSR count). The second-order valence-electron chi connectivity index (χ2n) is 3.76. The van der Waals surface area contributed by atoms with Crippen LogP contribution in [0.25, 0.3) is 0 Å². The van der Waals surface area contributed by atoms with Gasteiger partial charge in [-0.15, -0.1) is 12.4 Å². The molecule has 0 amide bonds. The summed E-state index contributed by atoms with van der Waals surface area (Å²) in [5.41, 5.74) is -0.413. The van der Waals surface area contributed by atoms with Crippen LogP contribution in [0.15, 0.2) is 18.2 Å². The van der Waals surface area contributed by atoms with E-state index in [1.165, 1.54) is 18.2 Å². The van der Waals surface area contributed by atoms with Crippen molar-refractivity contribution in [2.75, 3.05) is 6.61 Å². The van der Waals surface area contributed by atoms with Gasteiger partial charge in [0.2, 0.25) is 0 Å². The van der Waals surface area contributed by atoms with E-state index in [1.54, 1.807) is 0 Å². The van der Waals surface area contributed by atoms with Gasteiger partial charge < -0.3 is 9.84 Å². The van der Waals surface area contributed by atoms with Gasteiger partial charge in [-0.2, -0.15) is 0 Å². The zero-order valence-electron chi connectivity index (χ0n) is 10.5. The van der Waals surface area contributed by atoms with Gasteiger partial charge in [-0.1, -0.05) is 6.07 Å². The fraction of sp³-hybridized carbons (Fsp3) is 0.333. The molecule has 0 spiro atoms. The molecule has 0 aliphatic heterocycles. The first-order valence-electron chi connectivity index (χ1n) is 5.63. The number of unbranched alkanes of at least 4 members (excludes halogenated alkanes) is 1. The summed E-state index contributed by atoms with van der Waals surface area (Å²) in [6, 6.07) is 4.12. The lowest BCUT2D eigenvalue weighted by molar-refractivity contribution is -0.385. The molecule has 1 aromatic carbocycles. The predicted octanol–water partition coefficient (Wildman–Crippen LogP) is 2.46. The van der Waals surface area contributed by atoms with Crippen LogP contribution >= 0.6 is 12.4 Å². The predicted molar refractivity (Wildman–Crippen MR) is 72.7 cm³/mol. The zero-order valence-corrected chi connectivity index (χ0v) is 11.3. The molecule has 0 aromatic heterocycles. The molecule has 1 aromatic rings. The van der Waals surface area contributed by atoms with Crippen LogP contribution in [-0.4, -0.2) is 28.9 Å². The molecule has 110 valence electrons. The number of benzene rings is 1. The molecule has 0 unspecified atom stereocenters. The number of carbonyl (C=O) groups excluding carboxylic acids is 1. The maximum absolute atomic E-state index is 10.9. The summed E-state index contributed by atoms with van der Waals surface area (Å²) >= 11 is 0. The highest BCUT2D eigenvalue weighted by Gasteiger charge is 2.17. The molecule has 0 bridgehead atoms. The highest BCUT2D eigenvalue weighted by atomic mass is 35.5. The number of aliphatic carboxylic acids is 1. The molecule has 0 atom stereocenters. The van der Waals surface area contributed by atoms with Gasteiger partial charge in [0.1, 0.15) is 11.3 Å². The maximum atomic E-state index is 10.9. The quantitative estimate of drug-likeness (QED) is 0.342. The molecule has 20 heavy (non-hydrogen) atoms. The normalized spacial score (nSPS) is 9.40. The Hall–Kier alpha value is -2.15. The SMILES string of the molecule is Cl.O=Cc1c(OCCCCC(=O)O)cccc1[N+](=O)[O-]. The Bertz CT molecular complexity index is 491. The van der Waals surface area contributed by atoms with E-state index in [9.17, 15) is 19.7 Å². The van der Waals surface area contributed by atoms with E-state index < -0.39 is 10.9 Å². The van der Waals surface area contributed by atoms with Crippen LogP contribution in [0.2, 0.25) is 0 Å². The monoisotopic (exact) mass is 303 g/mol. The van der Waals surface area contributed by atoms with Gasteiger partial charge in [0, 0.05) is 12.5 Å². The maximum Gasteiger partial charge on any atom is 0.303 e. The molecule has 7 nitrogen and oxygen atoms in total. The number of nitrogens with zero attached hydrogens (tertiary/aromatic N) is 1. The number of nitro groups is 1. The van der Waals surface area contributed by atoms with E-state index in [0.29, 0.717) is 19.1 Å². The van der Waals surface area contributed by atoms with Crippen molar-refractivity contribution in [3.05, 3.63) is 33.9 Å². The van der Waals surface area contributed by atoms with Crippen LogP contribution < -0.4 is 4.74 Å². The Balaban J connectivity index is 0.00000361. The number of halogens is 1. The van der Waals surface area contributed by atoms with Crippen LogP contribution in [-0.2, 0) is 4.79 Å². The van der Waals surface area contributed by atoms with Crippen LogP contribution in [0, 0.1) is 10.1 Å². The van der Waals surface area contributed by atoms with Gasteiger partial charge in [-0.3, -0.25) is 19.7 Å². The molecular weight excluding hydrogens is 290 g/mol. The van der Waals surface area contributed by atoms with Crippen LogP contribution in [0.4, 0.5) is 5.69 Å². The zero-order chi connectivity index (χ0) is 14.3. The first kappa shape index (κ1) is 17.8. The number of ether oxygens (including phenoxy) is 1. The van der Waals surface area contributed by atoms with Crippen molar-refractivity contribution >= 4 is 30.3 Å². The third-order valence-electron chi connectivity index (χ3n) is 2.40. The Morgan fingerprint density at radius 2 is 2.10 bits per heavy atom. The number of nitro benzene ring substituents is 1. The largest absolute Gasteiger partial charge is 0.493 e. The van der Waals surface area contributed by atoms with Crippen LogP contribution in [0.5, 0.6) is 5.75 Å². The number of carbonyl (C=O) groups is 2. The van der Waals surface area contributed by atoms with Gasteiger partial charge in [0.15, 0.2) is 6.29 Å². The van der Waals surface area contributed by atoms with Crippen molar-refractivity contribution in [2.24, 2.45) is 0 Å². The lowest BCUT2D eigenvalue weighted by atomic mass is 10.2. The Morgan fingerprint density at radius 3 is 2.65 bits per heavy atom. The molecule has 0 saturated heterocycles. The topological polar surface area (TPSA) is 107 Å². The van der Waals surface area contributed by atoms with Gasteiger partial charge in [0.25, 0.3) is 5.69 Å². The molecule has 0 radical (unpaired) electrons. The highest BCUT2D eigenvalue weighted by Crippen LogP contribution is 2.26. The molecule has 1 N–H and O–H groups in total. The minimum Gasteiger partial charge on any atom is -0.493 e. The lowest BCUT2D eigenvalue weighted by Crippen LogP contribution is -2.03. The summed E-state index contributed by atoms with van der Waals surface area (Å²) in [7, 11) is 0. The summed E-state index contributed by atoms with van der Waals surface area (Å²) in [4.78, 5) is 31.2. The first-order chi connectivity index (χ1) is 9.06. The van der Waals surface area contributed by atoms with E-state index in [1.807, 2.05) is 0 Å². The fourth-order valence-electron chi connectivity index (χ4n) is 1.50. The third kappa shape index (κ3) is 5.23. The molecule has 0 saturated carbocycles. The standard InChI is InChI=1S/C12H13NO6.ClH/c14-8-9-10(13(17)18)4-3-5-11(9)19-7-2-1-6-12(15)16;/h3-5,8H,1-2,6-7H2,(H,15,16);1H. The van der Waals surface area contributed by atoms with Crippen LogP contribution in [0.3, 0.4) is 0 Å². The second kappa shape index (κ2) is 8.87. The highest BCUT2D eigenvalue weighted by molar-refractivity contribution is 5.85. The summed E-state index contributed by atoms with van der Waals surface area (Å²) < 4.78 is 5.27. The molecule has 0 heterocycles. The van der Waals surface area contributed by atoms with E-state index in [2.05, 4.69) is 0 Å². The van der Waals surface area contributed by atoms with Gasteiger partial charge in [-0.25, -0.2) is 0 Å². The number of carboxylic acid groups (broad SMARTS) is 1. The molecule has 0 fully saturated rings. The third-order valence-corrected chi connectivity index (χ3v) is 2.40. The van der Waals surface area contributed by atoms with Gasteiger partial charge in [0.05, 0.1) is 11.5 Å². The number of hydrogen-bond acceptors (Lipinski definition) is 5. The average molecular weight is 304 g/mol. The number of carboxylic acids is 1. The first-order valence-corrected chi connectivity index (χ1v) is 5.63. The van der Waals surface area contributed by atoms with Crippen molar-refractivity contribution in [2.45, 2.75) is 19.3 Å². The minimum atomic E-state index is -0.885. The van der Waals surface area contributed by atoms with Crippen molar-refractivity contribution in [3.8, 4) is 5.75 Å². The number of aldehydes is 1. The van der Waals surface area contributed by atoms with E-state index in [-0.39, 0.29) is 42.4 Å². The minimum absolute atomic E-state index is 0. The van der Waals surface area contributed by atoms with Crippen molar-refractivity contribution < 1.29 is 24.4 Å². The Kier molecular flexibility index (Phi) is 7.91. The molecule has 0 aliphatic rings. The van der Waals surface area contributed by atoms with Crippen molar-refractivity contribution in [3.63, 3.8) is 0 Å². The Morgan fingerprint density at radius 1 is 1.40 bits per heavy atom. The number of hydrogen-bond donors (Lipinski definition) is 1. The smallest absolute Gasteiger partial charge is 0.303 e. The van der Waals surface area contributed by atoms with E-state index in [4.69, 9.17) is 9.84 Å². The van der Waals surface area contributed by atoms with Gasteiger partial charge in [-0.05, 0) is 18.9 Å². The fourth-order valence-corrected chi connectivity index (χ4v) is 1.50. The number of rotatable bonds is 8. The summed E-state index contributed by atoms with van der Waals surface area (Å²) in [6.07, 6.45) is 1.36. The summed E-state index contributed by atoms with van der Waals surface area (Å²) in [6.45, 7) is 0.204. The molecular formula is C12H14ClNO6. The second-order valence-corrected chi connectivity index (χ2v) is 3.76. The summed E-state index contributed by atoms with van der Waals surface area (Å²) in [5, 5.41) is 19.2. The van der Waals surface area contributed by atoms with Gasteiger partial charge >= 0.3 is 5.97 Å². The molecule has 8 heteroatoms. The molecule has 0 aliphatic carbocycles. The Labute approximate surface area is 121 Å². The average Bonchev–Trinajstić information content (AvgIpc) is 2.37. The lowest BCUT2D eigenvalue weighted by Gasteiger charge is -2.07. The van der Waals surface area contributed by atoms with Crippen molar-refractivity contribution in [1.82, 2.24) is 0 Å². The summed E-state index contributed by atoms with van der Waals surface area (Å²) in [5.74, 6) is -0.747.